The Morgan fingerprint density at radius 1 is 1.79 bits per heavy atom. The van der Waals surface area contributed by atoms with Gasteiger partial charge in [-0.25, -0.2) is 0 Å². The molecule has 0 amide bonds. The van der Waals surface area contributed by atoms with Gasteiger partial charge in [0.25, 0.3) is 0 Å². The minimum Gasteiger partial charge on any atom is -0.270 e. The first-order valence-corrected chi connectivity index (χ1v) is 4.95. The minimum atomic E-state index is 0.00375. The highest BCUT2D eigenvalue weighted by Crippen LogP contribution is 2.32. The molecule has 0 N–H and O–H groups in total. The summed E-state index contributed by atoms with van der Waals surface area (Å²) < 4.78 is 1.99. The molecule has 1 aliphatic rings. The van der Waals surface area contributed by atoms with Gasteiger partial charge < -0.3 is 0 Å². The Morgan fingerprint density at radius 3 is 3.36 bits per heavy atom. The second-order valence-electron chi connectivity index (χ2n) is 3.48. The molecule has 74 valence electrons. The molecule has 14 heavy (non-hydrogen) atoms. The molecule has 1 aromatic heterocycles. The first kappa shape index (κ1) is 9.09. The topological polar surface area (TPSA) is 66.6 Å². The van der Waals surface area contributed by atoms with Crippen molar-refractivity contribution in [3.05, 3.63) is 27.9 Å². The van der Waals surface area contributed by atoms with Crippen molar-refractivity contribution in [1.29, 1.82) is 0 Å². The van der Waals surface area contributed by atoms with Gasteiger partial charge in [-0.3, -0.25) is 4.68 Å². The van der Waals surface area contributed by atoms with Crippen LogP contribution in [0.4, 0.5) is 0 Å². The number of azide groups is 1. The molecule has 5 heteroatoms. The Bertz CT molecular complexity index is 375. The summed E-state index contributed by atoms with van der Waals surface area (Å²) in [5.74, 6) is 0. The number of aromatic nitrogens is 2. The van der Waals surface area contributed by atoms with Gasteiger partial charge in [0, 0.05) is 22.7 Å². The predicted molar refractivity (Wildman–Crippen MR) is 52.7 cm³/mol. The van der Waals surface area contributed by atoms with Crippen LogP contribution < -0.4 is 0 Å². The lowest BCUT2D eigenvalue weighted by molar-refractivity contribution is 0.530. The van der Waals surface area contributed by atoms with E-state index in [-0.39, 0.29) is 6.04 Å². The van der Waals surface area contributed by atoms with Crippen LogP contribution in [0.1, 0.15) is 37.1 Å². The van der Waals surface area contributed by atoms with Gasteiger partial charge in [-0.15, -0.1) is 0 Å². The van der Waals surface area contributed by atoms with E-state index in [1.165, 1.54) is 5.69 Å². The summed E-state index contributed by atoms with van der Waals surface area (Å²) in [7, 11) is 0. The quantitative estimate of drug-likeness (QED) is 0.402. The van der Waals surface area contributed by atoms with Gasteiger partial charge in [0.05, 0.1) is 12.2 Å². The Morgan fingerprint density at radius 2 is 2.64 bits per heavy atom. The van der Waals surface area contributed by atoms with Gasteiger partial charge >= 0.3 is 0 Å². The Hall–Kier alpha value is -1.48. The van der Waals surface area contributed by atoms with E-state index < -0.39 is 0 Å². The zero-order chi connectivity index (χ0) is 9.97. The molecule has 0 bridgehead atoms. The maximum absolute atomic E-state index is 8.44. The molecule has 0 fully saturated rings. The number of fused-ring (bicyclic) bond motifs is 1. The van der Waals surface area contributed by atoms with Gasteiger partial charge in [0.15, 0.2) is 0 Å². The van der Waals surface area contributed by atoms with Crippen molar-refractivity contribution in [3.63, 3.8) is 0 Å². The molecular weight excluding hydrogens is 178 g/mol. The van der Waals surface area contributed by atoms with Crippen LogP contribution in [0, 0.1) is 0 Å². The molecule has 1 heterocycles. The van der Waals surface area contributed by atoms with Crippen LogP contribution >= 0.6 is 0 Å². The number of hydrogen-bond acceptors (Lipinski definition) is 2. The fraction of sp³-hybridized carbons (Fsp3) is 0.667. The zero-order valence-corrected chi connectivity index (χ0v) is 8.22. The average molecular weight is 191 g/mol. The smallest absolute Gasteiger partial charge is 0.0659 e. The van der Waals surface area contributed by atoms with Crippen molar-refractivity contribution in [2.45, 2.75) is 38.8 Å². The summed E-state index contributed by atoms with van der Waals surface area (Å²) in [6.45, 7) is 2.96. The van der Waals surface area contributed by atoms with Gasteiger partial charge in [-0.05, 0) is 31.7 Å². The highest BCUT2D eigenvalue weighted by atomic mass is 15.3. The van der Waals surface area contributed by atoms with Crippen LogP contribution in [0.5, 0.6) is 0 Å². The monoisotopic (exact) mass is 191 g/mol. The van der Waals surface area contributed by atoms with E-state index in [1.54, 1.807) is 0 Å². The summed E-state index contributed by atoms with van der Waals surface area (Å²) in [4.78, 5) is 2.88. The SMILES string of the molecule is CCn1ncc2c1CCC[C@H]2N=[N+]=[N-]. The highest BCUT2D eigenvalue weighted by molar-refractivity contribution is 5.24. The summed E-state index contributed by atoms with van der Waals surface area (Å²) >= 11 is 0. The van der Waals surface area contributed by atoms with Crippen LogP contribution in [0.3, 0.4) is 0 Å². The molecule has 1 atom stereocenters. The summed E-state index contributed by atoms with van der Waals surface area (Å²) in [5.41, 5.74) is 10.8. The van der Waals surface area contributed by atoms with E-state index in [0.717, 1.165) is 31.4 Å². The molecule has 2 rings (SSSR count). The fourth-order valence-electron chi connectivity index (χ4n) is 2.05. The van der Waals surface area contributed by atoms with Crippen molar-refractivity contribution in [1.82, 2.24) is 9.78 Å². The summed E-state index contributed by atoms with van der Waals surface area (Å²) in [6, 6.07) is 0.00375. The van der Waals surface area contributed by atoms with E-state index in [1.807, 2.05) is 10.9 Å². The highest BCUT2D eigenvalue weighted by Gasteiger charge is 2.22. The molecule has 0 aliphatic heterocycles. The van der Waals surface area contributed by atoms with Crippen molar-refractivity contribution in [3.8, 4) is 0 Å². The molecule has 0 saturated heterocycles. The first-order valence-electron chi connectivity index (χ1n) is 4.95. The number of hydrogen-bond donors (Lipinski definition) is 0. The Kier molecular flexibility index (Phi) is 2.41. The maximum Gasteiger partial charge on any atom is 0.0659 e. The van der Waals surface area contributed by atoms with Gasteiger partial charge in [0.1, 0.15) is 0 Å². The van der Waals surface area contributed by atoms with Crippen LogP contribution in [0.25, 0.3) is 10.4 Å². The second kappa shape index (κ2) is 3.72. The lowest BCUT2D eigenvalue weighted by Gasteiger charge is -2.18. The normalized spacial score (nSPS) is 19.9. The second-order valence-corrected chi connectivity index (χ2v) is 3.48. The van der Waals surface area contributed by atoms with E-state index in [2.05, 4.69) is 22.0 Å². The molecule has 0 spiro atoms. The molecule has 1 aromatic rings. The molecule has 1 aliphatic carbocycles. The van der Waals surface area contributed by atoms with Crippen LogP contribution in [-0.2, 0) is 13.0 Å². The fourth-order valence-corrected chi connectivity index (χ4v) is 2.05. The van der Waals surface area contributed by atoms with E-state index in [4.69, 9.17) is 5.53 Å². The predicted octanol–water partition coefficient (Wildman–Crippen LogP) is 2.59. The van der Waals surface area contributed by atoms with Crippen LogP contribution in [-0.4, -0.2) is 9.78 Å². The molecule has 0 saturated carbocycles. The van der Waals surface area contributed by atoms with Crippen molar-refractivity contribution >= 4 is 0 Å². The minimum absolute atomic E-state index is 0.00375. The molecular formula is C9H13N5. The van der Waals surface area contributed by atoms with E-state index in [0.29, 0.717) is 0 Å². The lowest BCUT2D eigenvalue weighted by atomic mass is 9.94. The number of aryl methyl sites for hydroxylation is 1. The van der Waals surface area contributed by atoms with Crippen LogP contribution in [0.15, 0.2) is 11.3 Å². The van der Waals surface area contributed by atoms with Gasteiger partial charge in [0.2, 0.25) is 0 Å². The summed E-state index contributed by atoms with van der Waals surface area (Å²) in [5, 5.41) is 8.08. The number of rotatable bonds is 2. The zero-order valence-electron chi connectivity index (χ0n) is 8.22. The molecule has 0 unspecified atom stereocenters. The van der Waals surface area contributed by atoms with Crippen molar-refractivity contribution < 1.29 is 0 Å². The van der Waals surface area contributed by atoms with Crippen molar-refractivity contribution in [2.75, 3.05) is 0 Å². The van der Waals surface area contributed by atoms with E-state index >= 15 is 0 Å². The maximum atomic E-state index is 8.44. The molecule has 0 radical (unpaired) electrons. The first-order chi connectivity index (χ1) is 6.86. The molecule has 5 nitrogen and oxygen atoms in total. The average Bonchev–Trinajstić information content (AvgIpc) is 2.62. The Balaban J connectivity index is 2.40. The lowest BCUT2D eigenvalue weighted by Crippen LogP contribution is -2.10. The van der Waals surface area contributed by atoms with Gasteiger partial charge in [-0.1, -0.05) is 5.11 Å². The molecule has 0 aromatic carbocycles. The van der Waals surface area contributed by atoms with Gasteiger partial charge in [-0.2, -0.15) is 5.10 Å². The van der Waals surface area contributed by atoms with E-state index in [9.17, 15) is 0 Å². The standard InChI is InChI=1S/C9H13N5/c1-2-14-9-5-3-4-8(12-13-10)7(9)6-11-14/h6,8H,2-5H2,1H3/t8-/m1/s1. The largest absolute Gasteiger partial charge is 0.270 e. The summed E-state index contributed by atoms with van der Waals surface area (Å²) in [6.07, 6.45) is 4.94. The number of nitrogens with zero attached hydrogens (tertiary/aromatic N) is 5. The van der Waals surface area contributed by atoms with Crippen molar-refractivity contribution in [2.24, 2.45) is 5.11 Å². The third kappa shape index (κ3) is 1.36. The third-order valence-corrected chi connectivity index (χ3v) is 2.72. The Labute approximate surface area is 82.4 Å². The van der Waals surface area contributed by atoms with Crippen LogP contribution in [0.2, 0.25) is 0 Å². The third-order valence-electron chi connectivity index (χ3n) is 2.72.